The number of benzene rings is 1. The summed E-state index contributed by atoms with van der Waals surface area (Å²) in [6.45, 7) is 14.0. The zero-order valence-corrected chi connectivity index (χ0v) is 23.9. The molecular weight excluding hydrogens is 488 g/mol. The molecule has 9 heteroatoms. The van der Waals surface area contributed by atoms with Crippen LogP contribution in [0.15, 0.2) is 18.2 Å². The van der Waals surface area contributed by atoms with Crippen LogP contribution in [0, 0.1) is 19.3 Å². The number of likely N-dealkylation sites (tertiary alicyclic amines) is 2. The summed E-state index contributed by atoms with van der Waals surface area (Å²) in [6.07, 6.45) is 3.14. The zero-order valence-electron chi connectivity index (χ0n) is 23.1. The maximum absolute atomic E-state index is 13.4. The lowest BCUT2D eigenvalue weighted by atomic mass is 9.78. The monoisotopic (exact) mass is 530 g/mol. The van der Waals surface area contributed by atoms with Crippen molar-refractivity contribution in [3.05, 3.63) is 29.3 Å². The first-order valence-electron chi connectivity index (χ1n) is 13.2. The van der Waals surface area contributed by atoms with Gasteiger partial charge >= 0.3 is 5.97 Å². The first-order valence-corrected chi connectivity index (χ1v) is 13.6. The van der Waals surface area contributed by atoms with Crippen LogP contribution in [0.1, 0.15) is 70.9 Å². The van der Waals surface area contributed by atoms with Crippen molar-refractivity contribution in [2.24, 2.45) is 5.41 Å². The minimum absolute atomic E-state index is 0.0631. The van der Waals surface area contributed by atoms with Crippen molar-refractivity contribution in [3.63, 3.8) is 0 Å². The molecule has 2 fully saturated rings. The molecule has 2 saturated heterocycles. The molecule has 204 valence electrons. The van der Waals surface area contributed by atoms with E-state index in [1.807, 2.05) is 25.7 Å². The number of hydrogen-bond acceptors (Lipinski definition) is 5. The Kier molecular flexibility index (Phi) is 9.21. The second kappa shape index (κ2) is 11.8. The third-order valence-corrected chi connectivity index (χ3v) is 7.43. The Hall–Kier alpha value is -2.68. The topological polar surface area (TPSA) is 91.0 Å². The van der Waals surface area contributed by atoms with Gasteiger partial charge < -0.3 is 25.2 Å². The van der Waals surface area contributed by atoms with E-state index in [1.54, 1.807) is 0 Å². The molecular formula is C28H42N4O4S. The summed E-state index contributed by atoms with van der Waals surface area (Å²) in [5.41, 5.74) is 2.88. The van der Waals surface area contributed by atoms with Crippen molar-refractivity contribution in [3.8, 4) is 0 Å². The van der Waals surface area contributed by atoms with Crippen molar-refractivity contribution >= 4 is 40.8 Å². The highest BCUT2D eigenvalue weighted by Crippen LogP contribution is 2.40. The molecule has 1 spiro atoms. The maximum Gasteiger partial charge on any atom is 0.306 e. The second-order valence-corrected chi connectivity index (χ2v) is 12.1. The zero-order chi connectivity index (χ0) is 27.4. The molecule has 0 saturated carbocycles. The van der Waals surface area contributed by atoms with Crippen LogP contribution in [0.4, 0.5) is 5.69 Å². The Labute approximate surface area is 226 Å². The number of hydrogen-bond donors (Lipinski definition) is 2. The van der Waals surface area contributed by atoms with Crippen molar-refractivity contribution in [1.29, 1.82) is 0 Å². The van der Waals surface area contributed by atoms with Gasteiger partial charge in [0.25, 0.3) is 0 Å². The first kappa shape index (κ1) is 28.9. The number of carbonyl (C=O) groups is 3. The van der Waals surface area contributed by atoms with Crippen molar-refractivity contribution in [2.45, 2.75) is 85.3 Å². The van der Waals surface area contributed by atoms with Gasteiger partial charge in [-0.15, -0.1) is 0 Å². The fraction of sp³-hybridized carbons (Fsp3) is 0.643. The minimum Gasteiger partial charge on any atom is -0.460 e. The molecule has 1 unspecified atom stereocenters. The Bertz CT molecular complexity index is 1010. The summed E-state index contributed by atoms with van der Waals surface area (Å²) >= 11 is 5.70. The van der Waals surface area contributed by atoms with Gasteiger partial charge in [0.05, 0.1) is 0 Å². The van der Waals surface area contributed by atoms with Gasteiger partial charge in [-0.2, -0.15) is 0 Å². The van der Waals surface area contributed by atoms with Crippen LogP contribution in [0.25, 0.3) is 0 Å². The van der Waals surface area contributed by atoms with E-state index in [9.17, 15) is 14.4 Å². The van der Waals surface area contributed by atoms with Crippen LogP contribution in [0.2, 0.25) is 0 Å². The predicted octanol–water partition coefficient (Wildman–Crippen LogP) is 3.94. The number of rotatable bonds is 6. The van der Waals surface area contributed by atoms with E-state index in [1.165, 1.54) is 18.1 Å². The van der Waals surface area contributed by atoms with Gasteiger partial charge in [-0.05, 0) is 101 Å². The Balaban J connectivity index is 1.54. The quantitative estimate of drug-likeness (QED) is 0.425. The number of nitrogens with zero attached hydrogens (tertiary/aromatic N) is 2. The molecule has 2 amide bonds. The Morgan fingerprint density at radius 2 is 1.59 bits per heavy atom. The van der Waals surface area contributed by atoms with Gasteiger partial charge in [-0.1, -0.05) is 6.07 Å². The molecule has 1 aromatic carbocycles. The van der Waals surface area contributed by atoms with Crippen LogP contribution in [0.5, 0.6) is 0 Å². The number of nitrogens with one attached hydrogen (secondary N) is 2. The molecule has 1 atom stereocenters. The summed E-state index contributed by atoms with van der Waals surface area (Å²) < 4.78 is 5.37. The smallest absolute Gasteiger partial charge is 0.306 e. The average molecular weight is 531 g/mol. The molecule has 0 aliphatic carbocycles. The molecule has 8 nitrogen and oxygen atoms in total. The van der Waals surface area contributed by atoms with E-state index in [2.05, 4.69) is 47.6 Å². The first-order chi connectivity index (χ1) is 17.2. The Morgan fingerprint density at radius 3 is 2.14 bits per heavy atom. The van der Waals surface area contributed by atoms with Crippen molar-refractivity contribution < 1.29 is 19.1 Å². The third kappa shape index (κ3) is 8.42. The number of thiocarbonyl (C=S) groups is 1. The number of piperidine rings is 1. The standard InChI is InChI=1S/C28H42N4O4S/c1-19-15-20(2)17-22(16-19)30-26(37)31-12-9-28(10-13-31)11-14-32(18-28)25(35)23(29-21(3)33)7-8-24(34)36-27(4,5)6/h15-17,23H,7-14,18H2,1-6H3,(H,29,33)(H,30,37). The fourth-order valence-corrected chi connectivity index (χ4v) is 5.64. The largest absolute Gasteiger partial charge is 0.460 e. The number of ether oxygens (including phenoxy) is 1. The third-order valence-electron chi connectivity index (χ3n) is 7.07. The normalized spacial score (nSPS) is 17.9. The summed E-state index contributed by atoms with van der Waals surface area (Å²) in [5, 5.41) is 6.87. The molecule has 2 N–H and O–H groups in total. The van der Waals surface area contributed by atoms with Crippen molar-refractivity contribution in [2.75, 3.05) is 31.5 Å². The Morgan fingerprint density at radius 1 is 1.03 bits per heavy atom. The summed E-state index contributed by atoms with van der Waals surface area (Å²) in [4.78, 5) is 41.4. The number of anilines is 1. The van der Waals surface area contributed by atoms with Gasteiger partial charge in [0.15, 0.2) is 5.11 Å². The van der Waals surface area contributed by atoms with E-state index < -0.39 is 11.6 Å². The van der Waals surface area contributed by atoms with Crippen LogP contribution < -0.4 is 10.6 Å². The SMILES string of the molecule is CC(=O)NC(CCC(=O)OC(C)(C)C)C(=O)N1CCC2(CCN(C(=S)Nc3cc(C)cc(C)c3)CC2)C1. The highest BCUT2D eigenvalue weighted by molar-refractivity contribution is 7.80. The molecule has 0 radical (unpaired) electrons. The van der Waals surface area contributed by atoms with Gasteiger partial charge in [0.2, 0.25) is 11.8 Å². The number of amides is 2. The molecule has 3 rings (SSSR count). The summed E-state index contributed by atoms with van der Waals surface area (Å²) in [7, 11) is 0. The number of carbonyl (C=O) groups excluding carboxylic acids is 3. The van der Waals surface area contributed by atoms with E-state index in [0.29, 0.717) is 13.1 Å². The molecule has 2 aliphatic rings. The lowest BCUT2D eigenvalue weighted by Gasteiger charge is -2.40. The van der Waals surface area contributed by atoms with Crippen molar-refractivity contribution in [1.82, 2.24) is 15.1 Å². The molecule has 37 heavy (non-hydrogen) atoms. The van der Waals surface area contributed by atoms with Gasteiger partial charge in [-0.3, -0.25) is 14.4 Å². The van der Waals surface area contributed by atoms with Gasteiger partial charge in [0.1, 0.15) is 11.6 Å². The van der Waals surface area contributed by atoms with E-state index in [4.69, 9.17) is 17.0 Å². The number of esters is 1. The van der Waals surface area contributed by atoms with Gasteiger partial charge in [0, 0.05) is 45.2 Å². The molecule has 2 heterocycles. The maximum atomic E-state index is 13.4. The van der Waals surface area contributed by atoms with Crippen LogP contribution in [0.3, 0.4) is 0 Å². The second-order valence-electron chi connectivity index (χ2n) is 11.7. The fourth-order valence-electron chi connectivity index (χ4n) is 5.34. The highest BCUT2D eigenvalue weighted by Gasteiger charge is 2.43. The molecule has 2 aliphatic heterocycles. The summed E-state index contributed by atoms with van der Waals surface area (Å²) in [5.74, 6) is -0.772. The van der Waals surface area contributed by atoms with Gasteiger partial charge in [-0.25, -0.2) is 0 Å². The van der Waals surface area contributed by atoms with Crippen LogP contribution in [-0.2, 0) is 19.1 Å². The summed E-state index contributed by atoms with van der Waals surface area (Å²) in [6, 6.07) is 5.61. The highest BCUT2D eigenvalue weighted by atomic mass is 32.1. The van der Waals surface area contributed by atoms with E-state index in [-0.39, 0.29) is 36.0 Å². The lowest BCUT2D eigenvalue weighted by Crippen LogP contribution is -2.49. The van der Waals surface area contributed by atoms with Crippen LogP contribution >= 0.6 is 12.2 Å². The van der Waals surface area contributed by atoms with E-state index in [0.717, 1.165) is 43.2 Å². The minimum atomic E-state index is -0.727. The van der Waals surface area contributed by atoms with Crippen LogP contribution in [-0.4, -0.2) is 70.5 Å². The lowest BCUT2D eigenvalue weighted by molar-refractivity contribution is -0.155. The predicted molar refractivity (Wildman–Crippen MR) is 149 cm³/mol. The van der Waals surface area contributed by atoms with E-state index >= 15 is 0 Å². The molecule has 1 aromatic rings. The average Bonchev–Trinajstić information content (AvgIpc) is 3.18. The molecule has 0 aromatic heterocycles. The molecule has 0 bridgehead atoms. The number of aryl methyl sites for hydroxylation is 2.